The average Bonchev–Trinajstić information content (AvgIpc) is 2.04. The number of hydrogen-bond acceptors (Lipinski definition) is 3. The average molecular weight is 248 g/mol. The molecule has 0 N–H and O–H groups in total. The van der Waals surface area contributed by atoms with Crippen LogP contribution in [0.4, 0.5) is 4.39 Å². The highest BCUT2D eigenvalue weighted by atomic mass is 79.9. The van der Waals surface area contributed by atoms with E-state index in [1.54, 1.807) is 6.92 Å². The summed E-state index contributed by atoms with van der Waals surface area (Å²) in [5.41, 5.74) is 0.225. The summed E-state index contributed by atoms with van der Waals surface area (Å²) in [6.45, 7) is 1.98. The molecule has 0 aliphatic heterocycles. The van der Waals surface area contributed by atoms with Gasteiger partial charge >= 0.3 is 5.97 Å². The van der Waals surface area contributed by atoms with Crippen molar-refractivity contribution in [2.24, 2.45) is 0 Å². The second-order valence-corrected chi connectivity index (χ2v) is 3.06. The van der Waals surface area contributed by atoms with Gasteiger partial charge in [-0.05, 0) is 22.9 Å². The monoisotopic (exact) mass is 247 g/mol. The maximum Gasteiger partial charge on any atom is 0.340 e. The third kappa shape index (κ3) is 2.48. The van der Waals surface area contributed by atoms with E-state index in [1.807, 2.05) is 0 Å². The first-order valence-electron chi connectivity index (χ1n) is 3.63. The van der Waals surface area contributed by atoms with Crippen molar-refractivity contribution in [2.75, 3.05) is 6.61 Å². The van der Waals surface area contributed by atoms with Gasteiger partial charge in [0.1, 0.15) is 0 Å². The van der Waals surface area contributed by atoms with Gasteiger partial charge in [-0.3, -0.25) is 0 Å². The van der Waals surface area contributed by atoms with E-state index in [1.165, 1.54) is 0 Å². The molecule has 1 aromatic rings. The normalized spacial score (nSPS) is 9.77. The number of nitrogens with zero attached hydrogens (tertiary/aromatic N) is 1. The van der Waals surface area contributed by atoms with Crippen molar-refractivity contribution in [3.63, 3.8) is 0 Å². The van der Waals surface area contributed by atoms with E-state index in [0.717, 1.165) is 12.3 Å². The van der Waals surface area contributed by atoms with Crippen molar-refractivity contribution in [1.29, 1.82) is 0 Å². The Kier molecular flexibility index (Phi) is 3.36. The summed E-state index contributed by atoms with van der Waals surface area (Å²) in [4.78, 5) is 14.5. The Morgan fingerprint density at radius 2 is 2.46 bits per heavy atom. The molecule has 0 atom stereocenters. The molecule has 3 nitrogen and oxygen atoms in total. The molecule has 0 aliphatic carbocycles. The lowest BCUT2D eigenvalue weighted by atomic mass is 10.3. The third-order valence-electron chi connectivity index (χ3n) is 1.32. The lowest BCUT2D eigenvalue weighted by Gasteiger charge is -2.02. The minimum atomic E-state index is -0.639. The van der Waals surface area contributed by atoms with Gasteiger partial charge in [-0.1, -0.05) is 0 Å². The van der Waals surface area contributed by atoms with Crippen LogP contribution in [0, 0.1) is 5.95 Å². The molecular weight excluding hydrogens is 241 g/mol. The summed E-state index contributed by atoms with van der Waals surface area (Å²) >= 11 is 3.04. The Morgan fingerprint density at radius 1 is 1.77 bits per heavy atom. The molecule has 70 valence electrons. The third-order valence-corrected chi connectivity index (χ3v) is 1.97. The number of ether oxygens (including phenoxy) is 1. The van der Waals surface area contributed by atoms with Crippen LogP contribution in [0.15, 0.2) is 16.7 Å². The molecule has 0 spiro atoms. The van der Waals surface area contributed by atoms with Gasteiger partial charge in [0.2, 0.25) is 5.95 Å². The summed E-state index contributed by atoms with van der Waals surface area (Å²) in [6.07, 6.45) is 1.14. The maximum absolute atomic E-state index is 12.5. The summed E-state index contributed by atoms with van der Waals surface area (Å²) in [5, 5.41) is 0. The molecular formula is C8H7BrFNO2. The van der Waals surface area contributed by atoms with Crippen molar-refractivity contribution >= 4 is 21.9 Å². The first kappa shape index (κ1) is 10.1. The Balaban J connectivity index is 2.95. The standard InChI is InChI=1S/C8H7BrFNO2/c1-2-13-8(12)5-4-11-7(10)3-6(5)9/h3-4H,2H2,1H3. The fourth-order valence-electron chi connectivity index (χ4n) is 0.767. The fourth-order valence-corrected chi connectivity index (χ4v) is 1.22. The number of esters is 1. The van der Waals surface area contributed by atoms with Gasteiger partial charge in [0.05, 0.1) is 12.2 Å². The van der Waals surface area contributed by atoms with Gasteiger partial charge < -0.3 is 4.74 Å². The topological polar surface area (TPSA) is 39.2 Å². The van der Waals surface area contributed by atoms with Gasteiger partial charge in [-0.25, -0.2) is 9.78 Å². The number of hydrogen-bond donors (Lipinski definition) is 0. The molecule has 1 aromatic heterocycles. The van der Waals surface area contributed by atoms with Gasteiger partial charge in [0.15, 0.2) is 0 Å². The molecule has 1 heterocycles. The second-order valence-electron chi connectivity index (χ2n) is 2.21. The SMILES string of the molecule is CCOC(=O)c1cnc(F)cc1Br. The van der Waals surface area contributed by atoms with Crippen molar-refractivity contribution in [2.45, 2.75) is 6.92 Å². The van der Waals surface area contributed by atoms with Crippen molar-refractivity contribution in [3.8, 4) is 0 Å². The zero-order valence-corrected chi connectivity index (χ0v) is 8.47. The first-order valence-corrected chi connectivity index (χ1v) is 4.42. The predicted octanol–water partition coefficient (Wildman–Crippen LogP) is 2.16. The number of carbonyl (C=O) groups excluding carboxylic acids is 1. The number of aromatic nitrogens is 1. The van der Waals surface area contributed by atoms with E-state index in [0.29, 0.717) is 4.47 Å². The maximum atomic E-state index is 12.5. The zero-order chi connectivity index (χ0) is 9.84. The van der Waals surface area contributed by atoms with Gasteiger partial charge in [0, 0.05) is 16.7 Å². The van der Waals surface area contributed by atoms with Crippen LogP contribution in [0.25, 0.3) is 0 Å². The van der Waals surface area contributed by atoms with Crippen LogP contribution >= 0.6 is 15.9 Å². The number of carbonyl (C=O) groups is 1. The molecule has 13 heavy (non-hydrogen) atoms. The highest BCUT2D eigenvalue weighted by Crippen LogP contribution is 2.16. The lowest BCUT2D eigenvalue weighted by Crippen LogP contribution is -2.06. The molecule has 0 aromatic carbocycles. The minimum Gasteiger partial charge on any atom is -0.462 e. The van der Waals surface area contributed by atoms with E-state index in [2.05, 4.69) is 20.9 Å². The van der Waals surface area contributed by atoms with Crippen LogP contribution in [0.5, 0.6) is 0 Å². The van der Waals surface area contributed by atoms with Crippen molar-refractivity contribution in [3.05, 3.63) is 28.2 Å². The predicted molar refractivity (Wildman–Crippen MR) is 47.9 cm³/mol. The van der Waals surface area contributed by atoms with Crippen LogP contribution in [-0.4, -0.2) is 17.6 Å². The first-order chi connectivity index (χ1) is 6.15. The van der Waals surface area contributed by atoms with E-state index in [9.17, 15) is 9.18 Å². The Morgan fingerprint density at radius 3 is 3.00 bits per heavy atom. The highest BCUT2D eigenvalue weighted by molar-refractivity contribution is 9.10. The van der Waals surface area contributed by atoms with E-state index in [4.69, 9.17) is 4.74 Å². The lowest BCUT2D eigenvalue weighted by molar-refractivity contribution is 0.0524. The Labute approximate surface area is 83.1 Å². The second kappa shape index (κ2) is 4.32. The number of pyridine rings is 1. The molecule has 0 radical (unpaired) electrons. The molecule has 0 bridgehead atoms. The largest absolute Gasteiger partial charge is 0.462 e. The van der Waals surface area contributed by atoms with Crippen molar-refractivity contribution in [1.82, 2.24) is 4.98 Å². The minimum absolute atomic E-state index is 0.225. The molecule has 5 heteroatoms. The molecule has 0 aliphatic rings. The molecule has 0 saturated carbocycles. The highest BCUT2D eigenvalue weighted by Gasteiger charge is 2.11. The molecule has 0 saturated heterocycles. The van der Waals surface area contributed by atoms with Crippen LogP contribution in [0.2, 0.25) is 0 Å². The summed E-state index contributed by atoms with van der Waals surface area (Å²) < 4.78 is 17.6. The van der Waals surface area contributed by atoms with Gasteiger partial charge in [0.25, 0.3) is 0 Å². The zero-order valence-electron chi connectivity index (χ0n) is 6.88. The van der Waals surface area contributed by atoms with Crippen LogP contribution in [-0.2, 0) is 4.74 Å². The summed E-state index contributed by atoms with van der Waals surface area (Å²) in [7, 11) is 0. The Bertz CT molecular complexity index is 330. The molecule has 0 amide bonds. The van der Waals surface area contributed by atoms with E-state index >= 15 is 0 Å². The van der Waals surface area contributed by atoms with Crippen molar-refractivity contribution < 1.29 is 13.9 Å². The summed E-state index contributed by atoms with van der Waals surface area (Å²) in [5.74, 6) is -1.15. The van der Waals surface area contributed by atoms with E-state index in [-0.39, 0.29) is 12.2 Å². The molecule has 0 fully saturated rings. The van der Waals surface area contributed by atoms with Gasteiger partial charge in [-0.2, -0.15) is 4.39 Å². The van der Waals surface area contributed by atoms with Crippen LogP contribution in [0.3, 0.4) is 0 Å². The van der Waals surface area contributed by atoms with Crippen LogP contribution in [0.1, 0.15) is 17.3 Å². The molecule has 0 unspecified atom stereocenters. The van der Waals surface area contributed by atoms with Gasteiger partial charge in [-0.15, -0.1) is 0 Å². The fraction of sp³-hybridized carbons (Fsp3) is 0.250. The van der Waals surface area contributed by atoms with Crippen LogP contribution < -0.4 is 0 Å². The quantitative estimate of drug-likeness (QED) is 0.594. The smallest absolute Gasteiger partial charge is 0.340 e. The van der Waals surface area contributed by atoms with E-state index < -0.39 is 11.9 Å². The number of halogens is 2. The number of rotatable bonds is 2. The Hall–Kier alpha value is -0.970. The summed E-state index contributed by atoms with van der Waals surface area (Å²) in [6, 6.07) is 1.12. The molecule has 1 rings (SSSR count).